The van der Waals surface area contributed by atoms with Gasteiger partial charge in [0.05, 0.1) is 43.4 Å². The van der Waals surface area contributed by atoms with E-state index in [9.17, 15) is 4.79 Å². The summed E-state index contributed by atoms with van der Waals surface area (Å²) >= 11 is 0. The Labute approximate surface area is 164 Å². The Morgan fingerprint density at radius 2 is 2.04 bits per heavy atom. The molecule has 9 heteroatoms. The first-order valence-corrected chi connectivity index (χ1v) is 8.98. The monoisotopic (exact) mass is 380 g/mol. The molecule has 0 radical (unpaired) electrons. The summed E-state index contributed by atoms with van der Waals surface area (Å²) in [6.45, 7) is 4.82. The van der Waals surface area contributed by atoms with Gasteiger partial charge in [0.2, 0.25) is 5.95 Å². The Balaban J connectivity index is 1.78. The topological polar surface area (TPSA) is 128 Å². The van der Waals surface area contributed by atoms with Crippen LogP contribution in [0.1, 0.15) is 37.1 Å². The van der Waals surface area contributed by atoms with E-state index in [1.54, 1.807) is 11.1 Å². The molecule has 1 aromatic carbocycles. The average molecular weight is 380 g/mol. The number of carbonyl (C=O) groups excluding carboxylic acids is 1. The van der Waals surface area contributed by atoms with Crippen LogP contribution < -0.4 is 16.7 Å². The van der Waals surface area contributed by atoms with Crippen molar-refractivity contribution < 1.29 is 4.79 Å². The molecular weight excluding hydrogens is 356 g/mol. The molecule has 0 fully saturated rings. The molecule has 1 aliphatic rings. The number of aromatic nitrogens is 2. The Hall–Kier alpha value is -3.22. The summed E-state index contributed by atoms with van der Waals surface area (Å²) in [6.07, 6.45) is 1.96. The van der Waals surface area contributed by atoms with E-state index in [0.717, 1.165) is 16.8 Å². The van der Waals surface area contributed by atoms with Crippen molar-refractivity contribution in [2.75, 3.05) is 11.6 Å². The maximum Gasteiger partial charge on any atom is 0.335 e. The van der Waals surface area contributed by atoms with E-state index < -0.39 is 5.54 Å². The van der Waals surface area contributed by atoms with Crippen LogP contribution in [0.5, 0.6) is 0 Å². The first kappa shape index (κ1) is 19.5. The van der Waals surface area contributed by atoms with Crippen LogP contribution >= 0.6 is 0 Å². The lowest BCUT2D eigenvalue weighted by atomic mass is 9.97. The summed E-state index contributed by atoms with van der Waals surface area (Å²) in [7, 11) is 0. The number of fused-ring (bicyclic) bond motifs is 1. The van der Waals surface area contributed by atoms with E-state index in [2.05, 4.69) is 9.97 Å². The highest BCUT2D eigenvalue weighted by Crippen LogP contribution is 2.38. The quantitative estimate of drug-likeness (QED) is 0.458. The SMILES string of the molecule is CC1(C)c2cnc(N(N)CCC#N)nc2CN1C(=O)N(N)Cc1ccccc1. The van der Waals surface area contributed by atoms with Crippen molar-refractivity contribution in [3.63, 3.8) is 0 Å². The molecule has 0 unspecified atom stereocenters. The van der Waals surface area contributed by atoms with Gasteiger partial charge in [-0.15, -0.1) is 0 Å². The number of hydrogen-bond acceptors (Lipinski definition) is 7. The van der Waals surface area contributed by atoms with Gasteiger partial charge in [-0.3, -0.25) is 10.0 Å². The highest BCUT2D eigenvalue weighted by atomic mass is 16.2. The summed E-state index contributed by atoms with van der Waals surface area (Å²) in [5.74, 6) is 12.3. The van der Waals surface area contributed by atoms with Crippen LogP contribution in [0.15, 0.2) is 36.5 Å². The number of hydrogen-bond donors (Lipinski definition) is 2. The lowest BCUT2D eigenvalue weighted by molar-refractivity contribution is 0.106. The van der Waals surface area contributed by atoms with E-state index in [-0.39, 0.29) is 12.5 Å². The molecule has 2 heterocycles. The van der Waals surface area contributed by atoms with Crippen LogP contribution in [0.2, 0.25) is 0 Å². The molecular formula is C19H24N8O. The molecule has 0 saturated carbocycles. The van der Waals surface area contributed by atoms with Crippen LogP contribution in [0.3, 0.4) is 0 Å². The van der Waals surface area contributed by atoms with E-state index in [4.69, 9.17) is 16.9 Å². The molecule has 0 saturated heterocycles. The fourth-order valence-corrected chi connectivity index (χ4v) is 3.25. The van der Waals surface area contributed by atoms with Crippen LogP contribution in [0.4, 0.5) is 10.7 Å². The molecule has 1 aliphatic heterocycles. The zero-order valence-electron chi connectivity index (χ0n) is 16.0. The second kappa shape index (κ2) is 7.80. The molecule has 9 nitrogen and oxygen atoms in total. The van der Waals surface area contributed by atoms with Gasteiger partial charge in [-0.1, -0.05) is 30.3 Å². The van der Waals surface area contributed by atoms with Crippen molar-refractivity contribution in [2.45, 2.75) is 38.9 Å². The predicted molar refractivity (Wildman–Crippen MR) is 104 cm³/mol. The predicted octanol–water partition coefficient (Wildman–Crippen LogP) is 1.62. The van der Waals surface area contributed by atoms with Gasteiger partial charge >= 0.3 is 6.03 Å². The van der Waals surface area contributed by atoms with Gasteiger partial charge in [0.15, 0.2) is 0 Å². The molecule has 146 valence electrons. The van der Waals surface area contributed by atoms with Crippen molar-refractivity contribution in [2.24, 2.45) is 11.7 Å². The van der Waals surface area contributed by atoms with E-state index >= 15 is 0 Å². The van der Waals surface area contributed by atoms with E-state index in [0.29, 0.717) is 25.6 Å². The first-order chi connectivity index (χ1) is 13.3. The smallest absolute Gasteiger partial charge is 0.308 e. The standard InChI is InChI=1S/C19H24N8O/c1-19(2)15-11-23-17(26(21)10-6-9-20)24-16(15)13-25(19)18(28)27(22)12-14-7-4-3-5-8-14/h3-5,7-8,11H,6,10,12-13,21-22H2,1-2H3. The highest BCUT2D eigenvalue weighted by molar-refractivity contribution is 5.76. The summed E-state index contributed by atoms with van der Waals surface area (Å²) in [5, 5.41) is 11.3. The molecule has 2 amide bonds. The Bertz CT molecular complexity index is 893. The van der Waals surface area contributed by atoms with Crippen LogP contribution in [-0.2, 0) is 18.6 Å². The lowest BCUT2D eigenvalue weighted by Crippen LogP contribution is -2.50. The second-order valence-corrected chi connectivity index (χ2v) is 7.17. The number of rotatable bonds is 5. The average Bonchev–Trinajstić information content (AvgIpc) is 2.96. The van der Waals surface area contributed by atoms with Gasteiger partial charge in [-0.05, 0) is 19.4 Å². The molecule has 1 aromatic heterocycles. The maximum atomic E-state index is 13.0. The van der Waals surface area contributed by atoms with Crippen molar-refractivity contribution >= 4 is 12.0 Å². The molecule has 4 N–H and O–H groups in total. The Morgan fingerprint density at radius 1 is 1.32 bits per heavy atom. The molecule has 0 atom stereocenters. The van der Waals surface area contributed by atoms with E-state index in [1.807, 2.05) is 50.2 Å². The van der Waals surface area contributed by atoms with Crippen LogP contribution in [0, 0.1) is 11.3 Å². The number of nitrogens with two attached hydrogens (primary N) is 2. The summed E-state index contributed by atoms with van der Waals surface area (Å²) in [6, 6.07) is 11.3. The summed E-state index contributed by atoms with van der Waals surface area (Å²) in [5.41, 5.74) is 1.92. The maximum absolute atomic E-state index is 13.0. The third-order valence-electron chi connectivity index (χ3n) is 4.89. The van der Waals surface area contributed by atoms with Gasteiger partial charge in [-0.2, -0.15) is 5.26 Å². The number of anilines is 1. The molecule has 0 bridgehead atoms. The normalized spacial score (nSPS) is 14.3. The minimum Gasteiger partial charge on any atom is -0.308 e. The minimum atomic E-state index is -0.606. The lowest BCUT2D eigenvalue weighted by Gasteiger charge is -2.34. The molecule has 0 aliphatic carbocycles. The number of urea groups is 1. The summed E-state index contributed by atoms with van der Waals surface area (Å²) < 4.78 is 0. The van der Waals surface area contributed by atoms with Crippen LogP contribution in [0.25, 0.3) is 0 Å². The number of hydrazine groups is 2. The number of benzene rings is 1. The first-order valence-electron chi connectivity index (χ1n) is 8.98. The molecule has 0 spiro atoms. The molecule has 3 rings (SSSR count). The van der Waals surface area contributed by atoms with Crippen molar-refractivity contribution in [3.8, 4) is 6.07 Å². The van der Waals surface area contributed by atoms with E-state index in [1.165, 1.54) is 10.0 Å². The zero-order chi connectivity index (χ0) is 20.3. The number of amides is 2. The fraction of sp³-hybridized carbons (Fsp3) is 0.368. The van der Waals surface area contributed by atoms with Gasteiger partial charge < -0.3 is 4.90 Å². The number of nitriles is 1. The van der Waals surface area contributed by atoms with Crippen molar-refractivity contribution in [1.29, 1.82) is 5.26 Å². The molecule has 2 aromatic rings. The van der Waals surface area contributed by atoms with Gasteiger partial charge in [0, 0.05) is 11.8 Å². The summed E-state index contributed by atoms with van der Waals surface area (Å²) in [4.78, 5) is 23.5. The van der Waals surface area contributed by atoms with Crippen LogP contribution in [-0.4, -0.2) is 32.5 Å². The van der Waals surface area contributed by atoms with Crippen molar-refractivity contribution in [3.05, 3.63) is 53.3 Å². The number of carbonyl (C=O) groups is 1. The highest BCUT2D eigenvalue weighted by Gasteiger charge is 2.43. The van der Waals surface area contributed by atoms with Gasteiger partial charge in [0.1, 0.15) is 0 Å². The minimum absolute atomic E-state index is 0.272. The second-order valence-electron chi connectivity index (χ2n) is 7.17. The third kappa shape index (κ3) is 3.74. The number of nitrogens with zero attached hydrogens (tertiary/aromatic N) is 6. The van der Waals surface area contributed by atoms with Crippen molar-refractivity contribution in [1.82, 2.24) is 19.9 Å². The molecule has 28 heavy (non-hydrogen) atoms. The zero-order valence-corrected chi connectivity index (χ0v) is 16.0. The fourth-order valence-electron chi connectivity index (χ4n) is 3.25. The third-order valence-corrected chi connectivity index (χ3v) is 4.89. The largest absolute Gasteiger partial charge is 0.335 e. The Morgan fingerprint density at radius 3 is 2.71 bits per heavy atom. The van der Waals surface area contributed by atoms with Gasteiger partial charge in [-0.25, -0.2) is 26.4 Å². The Kier molecular flexibility index (Phi) is 5.44. The van der Waals surface area contributed by atoms with Gasteiger partial charge in [0.25, 0.3) is 0 Å².